The molecule has 0 aliphatic carbocycles. The van der Waals surface area contributed by atoms with E-state index in [4.69, 9.17) is 4.42 Å². The zero-order chi connectivity index (χ0) is 14.1. The van der Waals surface area contributed by atoms with Crippen LogP contribution in [0, 0.1) is 0 Å². The van der Waals surface area contributed by atoms with Crippen molar-refractivity contribution in [1.29, 1.82) is 0 Å². The topological polar surface area (TPSA) is 67.5 Å². The number of fused-ring (bicyclic) bond motifs is 1. The molecule has 0 unspecified atom stereocenters. The van der Waals surface area contributed by atoms with Crippen LogP contribution in [0.1, 0.15) is 17.3 Å². The fraction of sp³-hybridized carbons (Fsp3) is 0.429. The zero-order valence-electron chi connectivity index (χ0n) is 11.4. The first-order chi connectivity index (χ1) is 9.70. The van der Waals surface area contributed by atoms with Crippen LogP contribution in [-0.2, 0) is 6.54 Å². The number of piperazine rings is 1. The summed E-state index contributed by atoms with van der Waals surface area (Å²) in [5.41, 5.74) is 1.80. The van der Waals surface area contributed by atoms with Gasteiger partial charge in [0.05, 0.1) is 5.52 Å². The van der Waals surface area contributed by atoms with Crippen LogP contribution in [0.4, 0.5) is 0 Å². The molecule has 1 aliphatic heterocycles. The summed E-state index contributed by atoms with van der Waals surface area (Å²) < 4.78 is 6.67. The molecule has 1 aliphatic rings. The number of benzene rings is 1. The molecule has 1 amide bonds. The molecule has 2 aromatic rings. The first kappa shape index (κ1) is 12.9. The first-order valence-electron chi connectivity index (χ1n) is 6.84. The molecule has 0 saturated carbocycles. The molecule has 3 rings (SSSR count). The Labute approximate surface area is 116 Å². The lowest BCUT2D eigenvalue weighted by Gasteiger charge is -2.27. The van der Waals surface area contributed by atoms with Crippen LogP contribution in [0.25, 0.3) is 11.1 Å². The highest BCUT2D eigenvalue weighted by molar-refractivity contribution is 5.97. The lowest BCUT2D eigenvalue weighted by Crippen LogP contribution is -2.46. The molecule has 1 aromatic carbocycles. The molecule has 1 fully saturated rings. The van der Waals surface area contributed by atoms with Gasteiger partial charge in [-0.15, -0.1) is 0 Å². The van der Waals surface area contributed by atoms with E-state index in [0.29, 0.717) is 36.3 Å². The van der Waals surface area contributed by atoms with E-state index < -0.39 is 0 Å². The van der Waals surface area contributed by atoms with Crippen molar-refractivity contribution in [2.24, 2.45) is 0 Å². The maximum atomic E-state index is 12.4. The van der Waals surface area contributed by atoms with Crippen LogP contribution in [0.15, 0.2) is 27.4 Å². The third-order valence-electron chi connectivity index (χ3n) is 3.63. The van der Waals surface area contributed by atoms with Crippen molar-refractivity contribution in [1.82, 2.24) is 14.8 Å². The maximum Gasteiger partial charge on any atom is 0.419 e. The molecule has 1 saturated heterocycles. The quantitative estimate of drug-likeness (QED) is 0.874. The fourth-order valence-corrected chi connectivity index (χ4v) is 2.55. The van der Waals surface area contributed by atoms with E-state index in [1.165, 1.54) is 4.57 Å². The highest BCUT2D eigenvalue weighted by atomic mass is 16.4. The summed E-state index contributed by atoms with van der Waals surface area (Å²) in [5.74, 6) is -0.376. The van der Waals surface area contributed by atoms with Crippen LogP contribution >= 0.6 is 0 Å². The maximum absolute atomic E-state index is 12.4. The van der Waals surface area contributed by atoms with Crippen molar-refractivity contribution in [3.8, 4) is 0 Å². The van der Waals surface area contributed by atoms with Crippen LogP contribution in [-0.4, -0.2) is 41.6 Å². The van der Waals surface area contributed by atoms with Gasteiger partial charge in [0.15, 0.2) is 5.58 Å². The monoisotopic (exact) mass is 275 g/mol. The van der Waals surface area contributed by atoms with Gasteiger partial charge in [-0.3, -0.25) is 9.36 Å². The number of amides is 1. The molecular formula is C14H17N3O3. The number of nitrogens with one attached hydrogen (secondary N) is 1. The van der Waals surface area contributed by atoms with Crippen molar-refractivity contribution in [3.63, 3.8) is 0 Å². The second-order valence-electron chi connectivity index (χ2n) is 4.84. The number of rotatable bonds is 2. The molecule has 1 aromatic heterocycles. The average Bonchev–Trinajstić information content (AvgIpc) is 2.81. The standard InChI is InChI=1S/C14H17N3O3/c1-2-17-11-9-10(3-4-12(11)20-14(17)19)13(18)16-7-5-15-6-8-16/h3-4,9,15H,2,5-8H2,1H3. The van der Waals surface area contributed by atoms with Crippen LogP contribution in [0.2, 0.25) is 0 Å². The Kier molecular flexibility index (Phi) is 3.31. The number of hydrogen-bond donors (Lipinski definition) is 1. The van der Waals surface area contributed by atoms with E-state index in [2.05, 4.69) is 5.32 Å². The number of hydrogen-bond acceptors (Lipinski definition) is 4. The third kappa shape index (κ3) is 2.12. The largest absolute Gasteiger partial charge is 0.419 e. The number of carbonyl (C=O) groups is 1. The smallest absolute Gasteiger partial charge is 0.408 e. The molecular weight excluding hydrogens is 258 g/mol. The van der Waals surface area contributed by atoms with Crippen molar-refractivity contribution in [3.05, 3.63) is 34.3 Å². The van der Waals surface area contributed by atoms with E-state index in [0.717, 1.165) is 13.1 Å². The third-order valence-corrected chi connectivity index (χ3v) is 3.63. The zero-order valence-corrected chi connectivity index (χ0v) is 11.4. The SMILES string of the molecule is CCn1c(=O)oc2ccc(C(=O)N3CCNCC3)cc21. The Morgan fingerprint density at radius 3 is 2.80 bits per heavy atom. The van der Waals surface area contributed by atoms with Gasteiger partial charge in [-0.25, -0.2) is 4.79 Å². The van der Waals surface area contributed by atoms with E-state index in [-0.39, 0.29) is 11.7 Å². The van der Waals surface area contributed by atoms with Gasteiger partial charge in [-0.05, 0) is 25.1 Å². The molecule has 0 bridgehead atoms. The van der Waals surface area contributed by atoms with Crippen molar-refractivity contribution >= 4 is 17.0 Å². The molecule has 6 heteroatoms. The molecule has 0 radical (unpaired) electrons. The Balaban J connectivity index is 1.99. The van der Waals surface area contributed by atoms with Gasteiger partial charge >= 0.3 is 5.76 Å². The summed E-state index contributed by atoms with van der Waals surface area (Å²) in [6.07, 6.45) is 0. The lowest BCUT2D eigenvalue weighted by atomic mass is 10.1. The molecule has 106 valence electrons. The average molecular weight is 275 g/mol. The number of oxazole rings is 1. The van der Waals surface area contributed by atoms with Gasteiger partial charge in [-0.1, -0.05) is 0 Å². The summed E-state index contributed by atoms with van der Waals surface area (Å²) in [6, 6.07) is 5.15. The molecule has 0 atom stereocenters. The highest BCUT2D eigenvalue weighted by Gasteiger charge is 2.19. The number of aromatic nitrogens is 1. The molecule has 2 heterocycles. The van der Waals surface area contributed by atoms with E-state index >= 15 is 0 Å². The van der Waals surface area contributed by atoms with Gasteiger partial charge in [-0.2, -0.15) is 0 Å². The van der Waals surface area contributed by atoms with Crippen LogP contribution < -0.4 is 11.1 Å². The Bertz CT molecular complexity index is 695. The minimum absolute atomic E-state index is 0.00435. The van der Waals surface area contributed by atoms with Gasteiger partial charge in [0, 0.05) is 38.3 Å². The van der Waals surface area contributed by atoms with Crippen LogP contribution in [0.3, 0.4) is 0 Å². The molecule has 6 nitrogen and oxygen atoms in total. The highest BCUT2D eigenvalue weighted by Crippen LogP contribution is 2.16. The molecule has 20 heavy (non-hydrogen) atoms. The molecule has 0 spiro atoms. The summed E-state index contributed by atoms with van der Waals surface area (Å²) >= 11 is 0. The number of nitrogens with zero attached hydrogens (tertiary/aromatic N) is 2. The predicted molar refractivity (Wildman–Crippen MR) is 74.9 cm³/mol. The first-order valence-corrected chi connectivity index (χ1v) is 6.84. The predicted octanol–water partition coefficient (Wildman–Crippen LogP) is 0.660. The van der Waals surface area contributed by atoms with E-state index in [1.54, 1.807) is 18.2 Å². The van der Waals surface area contributed by atoms with Crippen molar-refractivity contribution in [2.45, 2.75) is 13.5 Å². The summed E-state index contributed by atoms with van der Waals surface area (Å²) in [4.78, 5) is 25.9. The second kappa shape index (κ2) is 5.13. The van der Waals surface area contributed by atoms with Crippen molar-refractivity contribution in [2.75, 3.05) is 26.2 Å². The summed E-state index contributed by atoms with van der Waals surface area (Å²) in [5, 5.41) is 3.22. The Morgan fingerprint density at radius 1 is 1.35 bits per heavy atom. The minimum Gasteiger partial charge on any atom is -0.408 e. The Morgan fingerprint density at radius 2 is 2.10 bits per heavy atom. The lowest BCUT2D eigenvalue weighted by molar-refractivity contribution is 0.0736. The van der Waals surface area contributed by atoms with E-state index in [9.17, 15) is 9.59 Å². The van der Waals surface area contributed by atoms with Crippen LogP contribution in [0.5, 0.6) is 0 Å². The normalized spacial score (nSPS) is 15.8. The number of carbonyl (C=O) groups excluding carboxylic acids is 1. The van der Waals surface area contributed by atoms with E-state index in [1.807, 2.05) is 11.8 Å². The number of aryl methyl sites for hydroxylation is 1. The van der Waals surface area contributed by atoms with Crippen molar-refractivity contribution < 1.29 is 9.21 Å². The van der Waals surface area contributed by atoms with Gasteiger partial charge in [0.1, 0.15) is 0 Å². The van der Waals surface area contributed by atoms with Gasteiger partial charge in [0.2, 0.25) is 0 Å². The molecule has 1 N–H and O–H groups in total. The fourth-order valence-electron chi connectivity index (χ4n) is 2.55. The van der Waals surface area contributed by atoms with Gasteiger partial charge in [0.25, 0.3) is 5.91 Å². The summed E-state index contributed by atoms with van der Waals surface area (Å²) in [6.45, 7) is 5.46. The summed E-state index contributed by atoms with van der Waals surface area (Å²) in [7, 11) is 0. The minimum atomic E-state index is -0.380. The van der Waals surface area contributed by atoms with Gasteiger partial charge < -0.3 is 14.6 Å². The Hall–Kier alpha value is -2.08. The second-order valence-corrected chi connectivity index (χ2v) is 4.84.